The third-order valence-corrected chi connectivity index (χ3v) is 7.60. The summed E-state index contributed by atoms with van der Waals surface area (Å²) in [4.78, 5) is 36.6. The fourth-order valence-electron chi connectivity index (χ4n) is 2.76. The zero-order valence-corrected chi connectivity index (χ0v) is 18.4. The van der Waals surface area contributed by atoms with E-state index in [9.17, 15) is 22.8 Å². The van der Waals surface area contributed by atoms with E-state index >= 15 is 0 Å². The molecule has 1 atom stereocenters. The van der Waals surface area contributed by atoms with Crippen molar-refractivity contribution in [2.24, 2.45) is 0 Å². The van der Waals surface area contributed by atoms with Gasteiger partial charge in [-0.15, -0.1) is 11.3 Å². The quantitative estimate of drug-likeness (QED) is 0.583. The fraction of sp³-hybridized carbons (Fsp3) is 0.316. The summed E-state index contributed by atoms with van der Waals surface area (Å²) in [6.07, 6.45) is -1.13. The predicted molar refractivity (Wildman–Crippen MR) is 113 cm³/mol. The Kier molecular flexibility index (Phi) is 6.81. The number of anilines is 1. The fourth-order valence-corrected chi connectivity index (χ4v) is 5.12. The average Bonchev–Trinajstić information content (AvgIpc) is 3.44. The molecule has 0 unspecified atom stereocenters. The summed E-state index contributed by atoms with van der Waals surface area (Å²) in [6.45, 7) is 1.50. The number of hydrogen-bond acceptors (Lipinski definition) is 8. The molecule has 31 heavy (non-hydrogen) atoms. The third-order valence-electron chi connectivity index (χ3n) is 4.45. The zero-order valence-electron chi connectivity index (χ0n) is 16.8. The van der Waals surface area contributed by atoms with E-state index < -0.39 is 40.6 Å². The number of sulfonamides is 1. The predicted octanol–water partition coefficient (Wildman–Crippen LogP) is 1.44. The van der Waals surface area contributed by atoms with Crippen molar-refractivity contribution in [1.29, 1.82) is 0 Å². The van der Waals surface area contributed by atoms with Crippen molar-refractivity contribution in [2.75, 3.05) is 31.0 Å². The van der Waals surface area contributed by atoms with Crippen LogP contribution in [0.15, 0.2) is 46.0 Å². The van der Waals surface area contributed by atoms with E-state index in [1.165, 1.54) is 32.2 Å². The normalized spacial score (nSPS) is 14.6. The molecular weight excluding hydrogens is 446 g/mol. The Balaban J connectivity index is 1.52. The maximum atomic E-state index is 12.6. The number of amides is 3. The van der Waals surface area contributed by atoms with Gasteiger partial charge >= 0.3 is 12.0 Å². The maximum absolute atomic E-state index is 12.6. The van der Waals surface area contributed by atoms with Crippen LogP contribution in [0.2, 0.25) is 0 Å². The first kappa shape index (κ1) is 22.6. The van der Waals surface area contributed by atoms with Crippen LogP contribution in [-0.2, 0) is 24.3 Å². The highest BCUT2D eigenvalue weighted by Gasteiger charge is 2.31. The molecule has 1 aliphatic rings. The number of ether oxygens (including phenoxy) is 2. The number of nitrogens with one attached hydrogen (secondary N) is 1. The minimum atomic E-state index is -3.65. The second-order valence-corrected chi connectivity index (χ2v) is 9.68. The summed E-state index contributed by atoms with van der Waals surface area (Å²) < 4.78 is 36.9. The lowest BCUT2D eigenvalue weighted by Gasteiger charge is -2.19. The summed E-state index contributed by atoms with van der Waals surface area (Å²) in [5.74, 6) is -1.06. The standard InChI is InChI=1S/C19H21N3O7S2/c1-13(18(24)22-10-9-20-19(22)25)29-16(23)12-28-15-7-5-14(6-8-15)21(2)31(26,27)17-4-3-11-30-17/h3-8,11,13H,9-10,12H2,1-2H3,(H,20,25)/t13-/m0/s1. The summed E-state index contributed by atoms with van der Waals surface area (Å²) in [5.41, 5.74) is 0.423. The topological polar surface area (TPSA) is 122 Å². The number of benzene rings is 1. The van der Waals surface area contributed by atoms with Crippen LogP contribution in [0.25, 0.3) is 0 Å². The first-order valence-corrected chi connectivity index (χ1v) is 11.6. The monoisotopic (exact) mass is 467 g/mol. The third kappa shape index (κ3) is 5.14. The molecule has 1 N–H and O–H groups in total. The van der Waals surface area contributed by atoms with E-state index in [0.717, 1.165) is 20.5 Å². The number of urea groups is 1. The van der Waals surface area contributed by atoms with Crippen LogP contribution in [-0.4, -0.2) is 64.1 Å². The van der Waals surface area contributed by atoms with Gasteiger partial charge in [-0.3, -0.25) is 14.0 Å². The van der Waals surface area contributed by atoms with Crippen molar-refractivity contribution in [3.05, 3.63) is 41.8 Å². The van der Waals surface area contributed by atoms with Gasteiger partial charge in [0.05, 0.1) is 5.69 Å². The van der Waals surface area contributed by atoms with Crippen LogP contribution in [0.3, 0.4) is 0 Å². The molecule has 1 aliphatic heterocycles. The molecule has 1 saturated heterocycles. The van der Waals surface area contributed by atoms with Crippen LogP contribution in [0.5, 0.6) is 5.75 Å². The van der Waals surface area contributed by atoms with Gasteiger partial charge in [0, 0.05) is 20.1 Å². The van der Waals surface area contributed by atoms with Crippen molar-refractivity contribution >= 4 is 45.0 Å². The molecule has 12 heteroatoms. The van der Waals surface area contributed by atoms with Gasteiger partial charge in [-0.1, -0.05) is 6.07 Å². The van der Waals surface area contributed by atoms with Gasteiger partial charge in [0.1, 0.15) is 9.96 Å². The number of carbonyl (C=O) groups excluding carboxylic acids is 3. The number of rotatable bonds is 8. The molecule has 2 aromatic rings. The Morgan fingerprint density at radius 2 is 1.97 bits per heavy atom. The first-order valence-electron chi connectivity index (χ1n) is 9.24. The maximum Gasteiger partial charge on any atom is 0.344 e. The average molecular weight is 468 g/mol. The Morgan fingerprint density at radius 1 is 1.26 bits per heavy atom. The van der Waals surface area contributed by atoms with Crippen molar-refractivity contribution in [3.8, 4) is 5.75 Å². The van der Waals surface area contributed by atoms with E-state index in [-0.39, 0.29) is 10.8 Å². The highest BCUT2D eigenvalue weighted by molar-refractivity contribution is 7.94. The van der Waals surface area contributed by atoms with E-state index in [4.69, 9.17) is 9.47 Å². The van der Waals surface area contributed by atoms with E-state index in [1.807, 2.05) is 0 Å². The Bertz CT molecular complexity index is 1050. The molecule has 1 fully saturated rings. The molecule has 0 spiro atoms. The molecule has 3 rings (SSSR count). The Morgan fingerprint density at radius 3 is 2.55 bits per heavy atom. The van der Waals surface area contributed by atoms with Gasteiger partial charge in [0.2, 0.25) is 0 Å². The summed E-state index contributed by atoms with van der Waals surface area (Å²) in [7, 11) is -2.20. The van der Waals surface area contributed by atoms with Crippen LogP contribution in [0, 0.1) is 0 Å². The number of thiophene rings is 1. The molecule has 0 bridgehead atoms. The Labute approximate surface area is 183 Å². The lowest BCUT2D eigenvalue weighted by atomic mass is 10.3. The number of nitrogens with zero attached hydrogens (tertiary/aromatic N) is 2. The van der Waals surface area contributed by atoms with Gasteiger partial charge in [0.15, 0.2) is 12.7 Å². The van der Waals surface area contributed by atoms with Crippen molar-refractivity contribution < 1.29 is 32.3 Å². The van der Waals surface area contributed by atoms with Crippen LogP contribution >= 0.6 is 11.3 Å². The van der Waals surface area contributed by atoms with Crippen molar-refractivity contribution in [2.45, 2.75) is 17.2 Å². The number of imide groups is 1. The highest BCUT2D eigenvalue weighted by Crippen LogP contribution is 2.26. The van der Waals surface area contributed by atoms with E-state index in [0.29, 0.717) is 18.0 Å². The molecule has 0 aliphatic carbocycles. The van der Waals surface area contributed by atoms with E-state index in [2.05, 4.69) is 5.32 Å². The van der Waals surface area contributed by atoms with Gasteiger partial charge < -0.3 is 14.8 Å². The van der Waals surface area contributed by atoms with Crippen molar-refractivity contribution in [3.63, 3.8) is 0 Å². The van der Waals surface area contributed by atoms with Gasteiger partial charge in [-0.25, -0.2) is 18.0 Å². The minimum absolute atomic E-state index is 0.221. The van der Waals surface area contributed by atoms with Gasteiger partial charge in [-0.2, -0.15) is 0 Å². The molecule has 10 nitrogen and oxygen atoms in total. The molecule has 0 saturated carbocycles. The SMILES string of the molecule is C[C@H](OC(=O)COc1ccc(N(C)S(=O)(=O)c2cccs2)cc1)C(=O)N1CCNC1=O. The lowest BCUT2D eigenvalue weighted by molar-refractivity contribution is -0.159. The largest absolute Gasteiger partial charge is 0.482 e. The second kappa shape index (κ2) is 9.35. The van der Waals surface area contributed by atoms with E-state index in [1.54, 1.807) is 23.6 Å². The van der Waals surface area contributed by atoms with Crippen LogP contribution < -0.4 is 14.4 Å². The zero-order chi connectivity index (χ0) is 22.6. The van der Waals surface area contributed by atoms with Crippen molar-refractivity contribution in [1.82, 2.24) is 10.2 Å². The van der Waals surface area contributed by atoms with Gasteiger partial charge in [0.25, 0.3) is 15.9 Å². The highest BCUT2D eigenvalue weighted by atomic mass is 32.2. The summed E-state index contributed by atoms with van der Waals surface area (Å²) >= 11 is 1.13. The smallest absolute Gasteiger partial charge is 0.344 e. The van der Waals surface area contributed by atoms with Gasteiger partial charge in [-0.05, 0) is 42.6 Å². The summed E-state index contributed by atoms with van der Waals surface area (Å²) in [6, 6.07) is 8.80. The minimum Gasteiger partial charge on any atom is -0.482 e. The first-order chi connectivity index (χ1) is 14.7. The lowest BCUT2D eigenvalue weighted by Crippen LogP contribution is -2.42. The van der Waals surface area contributed by atoms with Crippen LogP contribution in [0.1, 0.15) is 6.92 Å². The molecule has 0 radical (unpaired) electrons. The molecular formula is C19H21N3O7S2. The number of carbonyl (C=O) groups is 3. The second-order valence-electron chi connectivity index (χ2n) is 6.54. The molecule has 1 aromatic heterocycles. The molecule has 2 heterocycles. The Hall–Kier alpha value is -3.12. The number of esters is 1. The summed E-state index contributed by atoms with van der Waals surface area (Å²) in [5, 5.41) is 4.18. The van der Waals surface area contributed by atoms with Crippen LogP contribution in [0.4, 0.5) is 10.5 Å². The number of hydrogen-bond donors (Lipinski definition) is 1. The molecule has 3 amide bonds. The molecule has 1 aromatic carbocycles. The molecule has 166 valence electrons.